The number of rotatable bonds is 5. The fourth-order valence-electron chi connectivity index (χ4n) is 2.86. The van der Waals surface area contributed by atoms with Crippen LogP contribution in [0.1, 0.15) is 31.2 Å². The van der Waals surface area contributed by atoms with E-state index in [4.69, 9.17) is 11.0 Å². The molecule has 1 aliphatic rings. The molecule has 1 amide bonds. The second-order valence-electron chi connectivity index (χ2n) is 5.69. The maximum absolute atomic E-state index is 11.1. The Hall–Kier alpha value is -2.88. The van der Waals surface area contributed by atoms with Crippen LogP contribution in [-0.4, -0.2) is 26.9 Å². The Morgan fingerprint density at radius 2 is 2.30 bits per heavy atom. The second kappa shape index (κ2) is 6.48. The summed E-state index contributed by atoms with van der Waals surface area (Å²) < 4.78 is 0. The van der Waals surface area contributed by atoms with Crippen molar-refractivity contribution in [1.29, 1.82) is 5.26 Å². The van der Waals surface area contributed by atoms with Gasteiger partial charge in [0.25, 0.3) is 5.91 Å². The molecule has 0 spiro atoms. The minimum absolute atomic E-state index is 0.0486. The fourth-order valence-corrected chi connectivity index (χ4v) is 2.86. The normalized spacial score (nSPS) is 15.7. The zero-order chi connectivity index (χ0) is 16.2. The molecular formula is C16H18N6O. The van der Waals surface area contributed by atoms with Crippen molar-refractivity contribution in [3.63, 3.8) is 0 Å². The first-order valence-electron chi connectivity index (χ1n) is 7.67. The quantitative estimate of drug-likeness (QED) is 0.574. The van der Waals surface area contributed by atoms with Gasteiger partial charge in [-0.15, -0.1) is 0 Å². The zero-order valence-corrected chi connectivity index (χ0v) is 12.7. The predicted octanol–water partition coefficient (Wildman–Crippen LogP) is 1.79. The van der Waals surface area contributed by atoms with E-state index in [2.05, 4.69) is 20.3 Å². The monoisotopic (exact) mass is 310 g/mol. The van der Waals surface area contributed by atoms with Crippen LogP contribution in [0, 0.1) is 11.3 Å². The molecule has 4 N–H and O–H groups in total. The lowest BCUT2D eigenvalue weighted by Crippen LogP contribution is -2.15. The van der Waals surface area contributed by atoms with Crippen LogP contribution in [0.4, 0.5) is 5.82 Å². The Balaban J connectivity index is 1.83. The van der Waals surface area contributed by atoms with Gasteiger partial charge in [0.15, 0.2) is 5.65 Å². The Bertz CT molecular complexity index is 794. The molecule has 1 fully saturated rings. The fraction of sp³-hybridized carbons (Fsp3) is 0.375. The van der Waals surface area contributed by atoms with Crippen LogP contribution >= 0.6 is 0 Å². The van der Waals surface area contributed by atoms with Gasteiger partial charge in [0, 0.05) is 17.8 Å². The number of allylic oxidation sites excluding steroid dienone is 1. The van der Waals surface area contributed by atoms with E-state index < -0.39 is 5.91 Å². The summed E-state index contributed by atoms with van der Waals surface area (Å²) in [5.41, 5.74) is 7.39. The van der Waals surface area contributed by atoms with Gasteiger partial charge in [-0.25, -0.2) is 9.97 Å². The van der Waals surface area contributed by atoms with Gasteiger partial charge in [0.05, 0.1) is 6.20 Å². The lowest BCUT2D eigenvalue weighted by molar-refractivity contribution is -0.114. The van der Waals surface area contributed by atoms with Crippen molar-refractivity contribution in [2.75, 3.05) is 5.32 Å². The van der Waals surface area contributed by atoms with Crippen LogP contribution in [0.3, 0.4) is 0 Å². The predicted molar refractivity (Wildman–Crippen MR) is 86.4 cm³/mol. The van der Waals surface area contributed by atoms with Gasteiger partial charge in [-0.05, 0) is 19.3 Å². The van der Waals surface area contributed by atoms with Crippen molar-refractivity contribution in [2.45, 2.75) is 38.1 Å². The Labute approximate surface area is 133 Å². The van der Waals surface area contributed by atoms with Gasteiger partial charge in [-0.3, -0.25) is 4.79 Å². The number of H-pyrrole nitrogens is 1. The number of anilines is 1. The smallest absolute Gasteiger partial charge is 0.259 e. The number of nitrogens with two attached hydrogens (primary N) is 1. The van der Waals surface area contributed by atoms with Crippen molar-refractivity contribution in [2.24, 2.45) is 5.73 Å². The summed E-state index contributed by atoms with van der Waals surface area (Å²) >= 11 is 0. The van der Waals surface area contributed by atoms with E-state index in [9.17, 15) is 4.79 Å². The van der Waals surface area contributed by atoms with Gasteiger partial charge in [-0.2, -0.15) is 5.26 Å². The molecule has 7 nitrogen and oxygen atoms in total. The van der Waals surface area contributed by atoms with Gasteiger partial charge in [0.1, 0.15) is 23.0 Å². The number of nitriles is 1. The Morgan fingerprint density at radius 3 is 3.00 bits per heavy atom. The van der Waals surface area contributed by atoms with Crippen molar-refractivity contribution < 1.29 is 4.79 Å². The van der Waals surface area contributed by atoms with Crippen molar-refractivity contribution in [3.05, 3.63) is 29.6 Å². The number of aromatic nitrogens is 3. The molecule has 0 radical (unpaired) electrons. The third-order valence-corrected chi connectivity index (χ3v) is 4.08. The first kappa shape index (κ1) is 15.0. The van der Waals surface area contributed by atoms with Crippen LogP contribution in [-0.2, 0) is 11.2 Å². The summed E-state index contributed by atoms with van der Waals surface area (Å²) in [6, 6.07) is 2.26. The first-order valence-corrected chi connectivity index (χ1v) is 7.67. The Morgan fingerprint density at radius 1 is 1.52 bits per heavy atom. The lowest BCUT2D eigenvalue weighted by atomic mass is 10.1. The van der Waals surface area contributed by atoms with Crippen LogP contribution in [0.5, 0.6) is 0 Å². The maximum atomic E-state index is 11.1. The van der Waals surface area contributed by atoms with Gasteiger partial charge < -0.3 is 16.0 Å². The summed E-state index contributed by atoms with van der Waals surface area (Å²) in [6.07, 6.45) is 10.2. The third-order valence-electron chi connectivity index (χ3n) is 4.08. The number of hydrogen-bond donors (Lipinski definition) is 3. The first-order chi connectivity index (χ1) is 11.2. The molecule has 2 heterocycles. The molecule has 0 aliphatic heterocycles. The highest BCUT2D eigenvalue weighted by molar-refractivity contribution is 5.96. The topological polar surface area (TPSA) is 120 Å². The molecule has 0 aromatic carbocycles. The number of amides is 1. The van der Waals surface area contributed by atoms with Crippen molar-refractivity contribution in [1.82, 2.24) is 15.0 Å². The molecule has 0 atom stereocenters. The van der Waals surface area contributed by atoms with Crippen LogP contribution in [0.25, 0.3) is 11.2 Å². The summed E-state index contributed by atoms with van der Waals surface area (Å²) in [5.74, 6) is 0.0339. The minimum atomic E-state index is -0.720. The number of nitrogens with one attached hydrogen (secondary N) is 2. The van der Waals surface area contributed by atoms with E-state index in [0.717, 1.165) is 29.7 Å². The largest absolute Gasteiger partial charge is 0.366 e. The number of nitrogens with zero attached hydrogens (tertiary/aromatic N) is 3. The summed E-state index contributed by atoms with van der Waals surface area (Å²) in [4.78, 5) is 23.1. The molecule has 1 aliphatic carbocycles. The molecule has 0 saturated heterocycles. The molecule has 3 rings (SSSR count). The average molecular weight is 310 g/mol. The Kier molecular flexibility index (Phi) is 4.24. The maximum Gasteiger partial charge on any atom is 0.259 e. The summed E-state index contributed by atoms with van der Waals surface area (Å²) in [7, 11) is 0. The van der Waals surface area contributed by atoms with E-state index >= 15 is 0 Å². The highest BCUT2D eigenvalue weighted by atomic mass is 16.1. The summed E-state index contributed by atoms with van der Waals surface area (Å²) in [5, 5.41) is 12.3. The molecular weight excluding hydrogens is 292 g/mol. The van der Waals surface area contributed by atoms with Gasteiger partial charge >= 0.3 is 0 Å². The van der Waals surface area contributed by atoms with Crippen LogP contribution < -0.4 is 11.1 Å². The van der Waals surface area contributed by atoms with Crippen molar-refractivity contribution in [3.8, 4) is 6.07 Å². The molecule has 0 unspecified atom stereocenters. The summed E-state index contributed by atoms with van der Waals surface area (Å²) in [6.45, 7) is 0. The zero-order valence-electron chi connectivity index (χ0n) is 12.7. The number of fused-ring (bicyclic) bond motifs is 1. The average Bonchev–Trinajstić information content (AvgIpc) is 3.17. The van der Waals surface area contributed by atoms with E-state index in [1.54, 1.807) is 18.5 Å². The van der Waals surface area contributed by atoms with Gasteiger partial charge in [0.2, 0.25) is 0 Å². The third kappa shape index (κ3) is 3.31. The molecule has 0 bridgehead atoms. The number of aromatic amines is 1. The molecule has 118 valence electrons. The SMILES string of the molecule is N#CC(=CCc1c[nH]c2ncc(NC3CCCC3)nc12)C(N)=O. The lowest BCUT2D eigenvalue weighted by Gasteiger charge is -2.12. The van der Waals surface area contributed by atoms with Crippen LogP contribution in [0.15, 0.2) is 24.0 Å². The number of primary amides is 1. The van der Waals surface area contributed by atoms with Gasteiger partial charge in [-0.1, -0.05) is 18.9 Å². The van der Waals surface area contributed by atoms with E-state index in [0.29, 0.717) is 18.1 Å². The van der Waals surface area contributed by atoms with Crippen LogP contribution in [0.2, 0.25) is 0 Å². The molecule has 2 aromatic rings. The highest BCUT2D eigenvalue weighted by Gasteiger charge is 2.16. The van der Waals surface area contributed by atoms with E-state index in [1.807, 2.05) is 0 Å². The molecule has 2 aromatic heterocycles. The highest BCUT2D eigenvalue weighted by Crippen LogP contribution is 2.23. The number of carbonyl (C=O) groups is 1. The molecule has 23 heavy (non-hydrogen) atoms. The van der Waals surface area contributed by atoms with Crippen molar-refractivity contribution >= 4 is 22.9 Å². The second-order valence-corrected chi connectivity index (χ2v) is 5.69. The van der Waals surface area contributed by atoms with E-state index in [-0.39, 0.29) is 5.57 Å². The number of hydrogen-bond acceptors (Lipinski definition) is 5. The van der Waals surface area contributed by atoms with E-state index in [1.165, 1.54) is 18.9 Å². The standard InChI is InChI=1S/C16H18N6O/c17-7-10(15(18)23)5-6-11-8-19-16-14(11)22-13(9-20-16)21-12-3-1-2-4-12/h5,8-9,12H,1-4,6H2,(H2,18,23)(H,19,20)(H,21,22). The molecule has 1 saturated carbocycles. The molecule has 7 heteroatoms. The number of carbonyl (C=O) groups excluding carboxylic acids is 1. The minimum Gasteiger partial charge on any atom is -0.366 e.